The number of thiophene rings is 2. The SMILES string of the molecule is CCNC(c1ccc(Br)s1)c1sccc1OC. The van der Waals surface area contributed by atoms with E-state index in [0.717, 1.165) is 16.1 Å². The van der Waals surface area contributed by atoms with Gasteiger partial charge in [0, 0.05) is 4.88 Å². The van der Waals surface area contributed by atoms with Gasteiger partial charge in [-0.3, -0.25) is 0 Å². The van der Waals surface area contributed by atoms with Crippen LogP contribution in [0, 0.1) is 0 Å². The van der Waals surface area contributed by atoms with Gasteiger partial charge in [-0.15, -0.1) is 22.7 Å². The molecule has 2 nitrogen and oxygen atoms in total. The molecule has 2 rings (SSSR count). The quantitative estimate of drug-likeness (QED) is 0.882. The van der Waals surface area contributed by atoms with Gasteiger partial charge >= 0.3 is 0 Å². The van der Waals surface area contributed by atoms with E-state index < -0.39 is 0 Å². The Morgan fingerprint density at radius 2 is 2.24 bits per heavy atom. The predicted octanol–water partition coefficient (Wildman–Crippen LogP) is 4.28. The molecule has 0 spiro atoms. The molecule has 0 aliphatic heterocycles. The highest BCUT2D eigenvalue weighted by Gasteiger charge is 2.20. The van der Waals surface area contributed by atoms with Crippen molar-refractivity contribution in [1.29, 1.82) is 0 Å². The second kappa shape index (κ2) is 6.00. The summed E-state index contributed by atoms with van der Waals surface area (Å²) in [6.07, 6.45) is 0. The van der Waals surface area contributed by atoms with Crippen molar-refractivity contribution in [2.45, 2.75) is 13.0 Å². The summed E-state index contributed by atoms with van der Waals surface area (Å²) in [5.41, 5.74) is 0. The first-order valence-corrected chi connectivity index (χ1v) is 7.85. The molecular weight excluding hydrogens is 318 g/mol. The van der Waals surface area contributed by atoms with Gasteiger partial charge in [-0.1, -0.05) is 6.92 Å². The van der Waals surface area contributed by atoms with Crippen molar-refractivity contribution in [3.63, 3.8) is 0 Å². The van der Waals surface area contributed by atoms with Gasteiger partial charge in [0.05, 0.1) is 21.8 Å². The lowest BCUT2D eigenvalue weighted by atomic mass is 10.2. The summed E-state index contributed by atoms with van der Waals surface area (Å²) in [5.74, 6) is 0.963. The van der Waals surface area contributed by atoms with Crippen molar-refractivity contribution in [2.24, 2.45) is 0 Å². The van der Waals surface area contributed by atoms with Crippen LogP contribution in [0.2, 0.25) is 0 Å². The lowest BCUT2D eigenvalue weighted by molar-refractivity contribution is 0.408. The molecule has 0 saturated heterocycles. The molecule has 0 aliphatic rings. The average molecular weight is 332 g/mol. The molecule has 1 atom stereocenters. The maximum atomic E-state index is 5.40. The molecule has 0 aliphatic carbocycles. The largest absolute Gasteiger partial charge is 0.496 e. The average Bonchev–Trinajstić information content (AvgIpc) is 2.94. The minimum atomic E-state index is 0.228. The van der Waals surface area contributed by atoms with Gasteiger partial charge < -0.3 is 10.1 Å². The van der Waals surface area contributed by atoms with Gasteiger partial charge in [0.25, 0.3) is 0 Å². The van der Waals surface area contributed by atoms with E-state index in [1.165, 1.54) is 9.75 Å². The van der Waals surface area contributed by atoms with Crippen LogP contribution in [0.3, 0.4) is 0 Å². The maximum absolute atomic E-state index is 5.40. The van der Waals surface area contributed by atoms with Gasteiger partial charge in [0.1, 0.15) is 5.75 Å². The Bertz CT molecular complexity index is 480. The van der Waals surface area contributed by atoms with E-state index in [2.05, 4.69) is 45.7 Å². The summed E-state index contributed by atoms with van der Waals surface area (Å²) >= 11 is 7.00. The van der Waals surface area contributed by atoms with Gasteiger partial charge in [0.2, 0.25) is 0 Å². The van der Waals surface area contributed by atoms with Crippen LogP contribution in [0.1, 0.15) is 22.7 Å². The fourth-order valence-electron chi connectivity index (χ4n) is 1.70. The summed E-state index contributed by atoms with van der Waals surface area (Å²) in [6, 6.07) is 6.49. The minimum Gasteiger partial charge on any atom is -0.496 e. The first-order valence-electron chi connectivity index (χ1n) is 5.36. The molecule has 1 N–H and O–H groups in total. The third kappa shape index (κ3) is 2.91. The predicted molar refractivity (Wildman–Crippen MR) is 78.4 cm³/mol. The van der Waals surface area contributed by atoms with E-state index >= 15 is 0 Å². The lowest BCUT2D eigenvalue weighted by Gasteiger charge is -2.16. The summed E-state index contributed by atoms with van der Waals surface area (Å²) < 4.78 is 6.56. The molecule has 2 aromatic heterocycles. The lowest BCUT2D eigenvalue weighted by Crippen LogP contribution is -2.20. The molecule has 5 heteroatoms. The zero-order chi connectivity index (χ0) is 12.3. The van der Waals surface area contributed by atoms with Crippen molar-refractivity contribution in [1.82, 2.24) is 5.32 Å². The zero-order valence-electron chi connectivity index (χ0n) is 9.70. The van der Waals surface area contributed by atoms with Crippen LogP contribution < -0.4 is 10.1 Å². The van der Waals surface area contributed by atoms with Gasteiger partial charge in [-0.2, -0.15) is 0 Å². The fraction of sp³-hybridized carbons (Fsp3) is 0.333. The van der Waals surface area contributed by atoms with Crippen molar-refractivity contribution in [3.05, 3.63) is 37.1 Å². The first-order chi connectivity index (χ1) is 8.26. The molecule has 0 fully saturated rings. The molecule has 0 radical (unpaired) electrons. The van der Waals surface area contributed by atoms with Crippen LogP contribution in [0.15, 0.2) is 27.4 Å². The highest BCUT2D eigenvalue weighted by molar-refractivity contribution is 9.11. The van der Waals surface area contributed by atoms with Crippen molar-refractivity contribution in [2.75, 3.05) is 13.7 Å². The van der Waals surface area contributed by atoms with Crippen molar-refractivity contribution < 1.29 is 4.74 Å². The number of halogens is 1. The van der Waals surface area contributed by atoms with E-state index in [1.54, 1.807) is 29.8 Å². The third-order valence-corrected chi connectivity index (χ3v) is 5.08. The molecule has 0 bridgehead atoms. The van der Waals surface area contributed by atoms with Crippen LogP contribution in [-0.4, -0.2) is 13.7 Å². The normalized spacial score (nSPS) is 12.6. The summed E-state index contributed by atoms with van der Waals surface area (Å²) in [4.78, 5) is 2.54. The second-order valence-electron chi connectivity index (χ2n) is 3.49. The van der Waals surface area contributed by atoms with Crippen molar-refractivity contribution >= 4 is 38.6 Å². The van der Waals surface area contributed by atoms with E-state index in [0.29, 0.717) is 0 Å². The smallest absolute Gasteiger partial charge is 0.134 e. The van der Waals surface area contributed by atoms with Crippen LogP contribution in [0.4, 0.5) is 0 Å². The van der Waals surface area contributed by atoms with Crippen LogP contribution >= 0.6 is 38.6 Å². The van der Waals surface area contributed by atoms with E-state index in [-0.39, 0.29) is 6.04 Å². The number of hydrogen-bond acceptors (Lipinski definition) is 4. The summed E-state index contributed by atoms with van der Waals surface area (Å²) in [5, 5.41) is 5.58. The maximum Gasteiger partial charge on any atom is 0.134 e. The monoisotopic (exact) mass is 331 g/mol. The third-order valence-electron chi connectivity index (χ3n) is 2.43. The van der Waals surface area contributed by atoms with E-state index in [1.807, 2.05) is 6.07 Å². The molecule has 92 valence electrons. The van der Waals surface area contributed by atoms with E-state index in [4.69, 9.17) is 4.74 Å². The minimum absolute atomic E-state index is 0.228. The van der Waals surface area contributed by atoms with E-state index in [9.17, 15) is 0 Å². The van der Waals surface area contributed by atoms with Crippen molar-refractivity contribution in [3.8, 4) is 5.75 Å². The summed E-state index contributed by atoms with van der Waals surface area (Å²) in [7, 11) is 1.72. The highest BCUT2D eigenvalue weighted by atomic mass is 79.9. The number of hydrogen-bond donors (Lipinski definition) is 1. The molecule has 17 heavy (non-hydrogen) atoms. The Morgan fingerprint density at radius 1 is 1.41 bits per heavy atom. The number of methoxy groups -OCH3 is 1. The molecule has 0 aromatic carbocycles. The Hall–Kier alpha value is -0.360. The van der Waals surface area contributed by atoms with Gasteiger partial charge in [-0.25, -0.2) is 0 Å². The molecule has 0 amide bonds. The van der Waals surface area contributed by atoms with Crippen LogP contribution in [0.25, 0.3) is 0 Å². The van der Waals surface area contributed by atoms with Crippen LogP contribution in [0.5, 0.6) is 5.75 Å². The molecule has 2 aromatic rings. The fourth-order valence-corrected chi connectivity index (χ4v) is 4.23. The first kappa shape index (κ1) is 13.1. The Morgan fingerprint density at radius 3 is 2.82 bits per heavy atom. The Balaban J connectivity index is 2.35. The number of nitrogens with one attached hydrogen (secondary N) is 1. The molecule has 2 heterocycles. The molecule has 1 unspecified atom stereocenters. The number of ether oxygens (including phenoxy) is 1. The summed E-state index contributed by atoms with van der Waals surface area (Å²) in [6.45, 7) is 3.05. The second-order valence-corrected chi connectivity index (χ2v) is 6.93. The topological polar surface area (TPSA) is 21.3 Å². The van der Waals surface area contributed by atoms with Gasteiger partial charge in [0.15, 0.2) is 0 Å². The van der Waals surface area contributed by atoms with Crippen LogP contribution in [-0.2, 0) is 0 Å². The van der Waals surface area contributed by atoms with Gasteiger partial charge in [-0.05, 0) is 46.1 Å². The standard InChI is InChI=1S/C12H14BrNOS2/c1-3-14-11(9-4-5-10(13)17-9)12-8(15-2)6-7-16-12/h4-7,11,14H,3H2,1-2H3. The Labute approximate surface area is 118 Å². The molecule has 0 saturated carbocycles. The highest BCUT2D eigenvalue weighted by Crippen LogP contribution is 2.38. The number of rotatable bonds is 5. The molecular formula is C12H14BrNOS2. The Kier molecular flexibility index (Phi) is 4.62. The zero-order valence-corrected chi connectivity index (χ0v) is 12.9.